The number of carbonyl (C=O) groups excluding carboxylic acids is 2. The number of nitrogens with one attached hydrogen (secondary N) is 2. The molecule has 7 nitrogen and oxygen atoms in total. The molecule has 5 heterocycles. The Morgan fingerprint density at radius 1 is 0.897 bits per heavy atom. The Morgan fingerprint density at radius 2 is 1.54 bits per heavy atom. The molecule has 3 aromatic heterocycles. The van der Waals surface area contributed by atoms with Crippen molar-refractivity contribution in [3.05, 3.63) is 102 Å². The normalized spacial score (nSPS) is 19.3. The van der Waals surface area contributed by atoms with Crippen LogP contribution in [0.25, 0.3) is 21.8 Å². The fraction of sp³-hybridized carbons (Fsp3) is 0.281. The van der Waals surface area contributed by atoms with Crippen LogP contribution in [0.5, 0.6) is 0 Å². The lowest BCUT2D eigenvalue weighted by atomic mass is 9.67. The number of hydrogen-bond acceptors (Lipinski definition) is 3. The number of aromatic nitrogens is 3. The van der Waals surface area contributed by atoms with Crippen LogP contribution in [0.2, 0.25) is 0 Å². The first-order chi connectivity index (χ1) is 19.1. The number of nitrogens with zero attached hydrogens (tertiary/aromatic N) is 3. The van der Waals surface area contributed by atoms with Gasteiger partial charge in [-0.25, -0.2) is 0 Å². The van der Waals surface area contributed by atoms with Crippen LogP contribution in [0.3, 0.4) is 0 Å². The van der Waals surface area contributed by atoms with E-state index in [1.807, 2.05) is 17.0 Å². The van der Waals surface area contributed by atoms with Crippen molar-refractivity contribution in [3.8, 4) is 0 Å². The monoisotopic (exact) mass is 517 g/mol. The van der Waals surface area contributed by atoms with Gasteiger partial charge in [0.15, 0.2) is 0 Å². The summed E-state index contributed by atoms with van der Waals surface area (Å²) >= 11 is 0. The van der Waals surface area contributed by atoms with Crippen molar-refractivity contribution in [2.45, 2.75) is 31.2 Å². The highest BCUT2D eigenvalue weighted by Crippen LogP contribution is 2.47. The summed E-state index contributed by atoms with van der Waals surface area (Å²) in [6.07, 6.45) is 9.76. The van der Waals surface area contributed by atoms with Gasteiger partial charge in [-0.3, -0.25) is 14.6 Å². The molecule has 2 amide bonds. The van der Waals surface area contributed by atoms with E-state index in [9.17, 15) is 9.59 Å². The Bertz CT molecular complexity index is 1590. The van der Waals surface area contributed by atoms with Crippen molar-refractivity contribution in [3.63, 3.8) is 0 Å². The van der Waals surface area contributed by atoms with Crippen molar-refractivity contribution in [2.24, 2.45) is 5.92 Å². The maximum atomic E-state index is 13.7. The Hall–Kier alpha value is -4.39. The summed E-state index contributed by atoms with van der Waals surface area (Å²) in [5.41, 5.74) is 5.58. The molecule has 0 radical (unpaired) electrons. The number of para-hydroxylation sites is 2. The number of pyridine rings is 1. The average Bonchev–Trinajstić information content (AvgIpc) is 3.71. The molecule has 7 heteroatoms. The van der Waals surface area contributed by atoms with E-state index < -0.39 is 0 Å². The van der Waals surface area contributed by atoms with Crippen LogP contribution in [0.4, 0.5) is 0 Å². The summed E-state index contributed by atoms with van der Waals surface area (Å²) in [4.78, 5) is 41.4. The van der Waals surface area contributed by atoms with Crippen LogP contribution in [-0.4, -0.2) is 56.2 Å². The third-order valence-corrected chi connectivity index (χ3v) is 8.80. The number of amides is 2. The van der Waals surface area contributed by atoms with E-state index in [0.717, 1.165) is 29.4 Å². The van der Waals surface area contributed by atoms with Crippen LogP contribution < -0.4 is 0 Å². The molecular weight excluding hydrogens is 486 g/mol. The first-order valence-electron chi connectivity index (χ1n) is 13.7. The smallest absolute Gasteiger partial charge is 0.227 e. The summed E-state index contributed by atoms with van der Waals surface area (Å²) in [6.45, 7) is 2.29. The van der Waals surface area contributed by atoms with Gasteiger partial charge in [0.1, 0.15) is 0 Å². The third-order valence-electron chi connectivity index (χ3n) is 8.80. The highest BCUT2D eigenvalue weighted by Gasteiger charge is 2.44. The van der Waals surface area contributed by atoms with Crippen LogP contribution in [0.15, 0.2) is 85.5 Å². The number of benzene rings is 2. The molecule has 0 spiro atoms. The number of likely N-dealkylation sites (tertiary alicyclic amines) is 2. The Labute approximate surface area is 226 Å². The zero-order valence-corrected chi connectivity index (χ0v) is 21.8. The molecule has 2 aliphatic heterocycles. The number of H-pyrrole nitrogens is 2. The van der Waals surface area contributed by atoms with Gasteiger partial charge in [0.25, 0.3) is 0 Å². The van der Waals surface area contributed by atoms with E-state index in [1.165, 1.54) is 21.9 Å². The van der Waals surface area contributed by atoms with Gasteiger partial charge in [0.05, 0.1) is 5.92 Å². The number of piperidine rings is 1. The van der Waals surface area contributed by atoms with Crippen LogP contribution >= 0.6 is 0 Å². The topological polar surface area (TPSA) is 85.1 Å². The van der Waals surface area contributed by atoms with Crippen LogP contribution in [-0.2, 0) is 21.5 Å². The minimum Gasteiger partial charge on any atom is -0.361 e. The summed E-state index contributed by atoms with van der Waals surface area (Å²) < 4.78 is 0. The average molecular weight is 518 g/mol. The van der Waals surface area contributed by atoms with Gasteiger partial charge in [0.2, 0.25) is 11.8 Å². The summed E-state index contributed by atoms with van der Waals surface area (Å²) in [5.74, 6) is -0.146. The Balaban J connectivity index is 1.16. The predicted octanol–water partition coefficient (Wildman–Crippen LogP) is 5.00. The highest BCUT2D eigenvalue weighted by atomic mass is 16.2. The molecule has 1 unspecified atom stereocenters. The fourth-order valence-electron chi connectivity index (χ4n) is 6.79. The van der Waals surface area contributed by atoms with Crippen molar-refractivity contribution >= 4 is 33.6 Å². The van der Waals surface area contributed by atoms with E-state index in [1.54, 1.807) is 17.3 Å². The first kappa shape index (κ1) is 23.7. The number of aromatic amines is 2. The van der Waals surface area contributed by atoms with E-state index in [4.69, 9.17) is 0 Å². The summed E-state index contributed by atoms with van der Waals surface area (Å²) in [6, 6.07) is 20.8. The van der Waals surface area contributed by atoms with Crippen molar-refractivity contribution in [1.29, 1.82) is 0 Å². The number of rotatable bonds is 5. The number of carbonyl (C=O) groups is 2. The SMILES string of the molecule is O=C1CC(C(=O)N2CCC(c3c[nH]c4ccccc34)(c3c[nH]c4ccccc34)CC2)CN1Cc1cccnc1. The van der Waals surface area contributed by atoms with Gasteiger partial charge in [-0.15, -0.1) is 0 Å². The zero-order chi connectivity index (χ0) is 26.4. The van der Waals surface area contributed by atoms with E-state index in [2.05, 4.69) is 75.9 Å². The molecule has 39 heavy (non-hydrogen) atoms. The fourth-order valence-corrected chi connectivity index (χ4v) is 6.79. The molecule has 0 saturated carbocycles. The van der Waals surface area contributed by atoms with Gasteiger partial charge in [-0.1, -0.05) is 42.5 Å². The predicted molar refractivity (Wildman–Crippen MR) is 151 cm³/mol. The number of fused-ring (bicyclic) bond motifs is 2. The van der Waals surface area contributed by atoms with Gasteiger partial charge in [-0.05, 0) is 47.7 Å². The Kier molecular flexibility index (Phi) is 5.72. The van der Waals surface area contributed by atoms with Crippen molar-refractivity contribution in [1.82, 2.24) is 24.8 Å². The second-order valence-electron chi connectivity index (χ2n) is 10.9. The molecule has 2 N–H and O–H groups in total. The van der Waals surface area contributed by atoms with Gasteiger partial charge in [-0.2, -0.15) is 0 Å². The van der Waals surface area contributed by atoms with Crippen LogP contribution in [0.1, 0.15) is 36.0 Å². The molecule has 2 fully saturated rings. The third kappa shape index (κ3) is 4.00. The minimum absolute atomic E-state index is 0.0427. The Morgan fingerprint density at radius 3 is 2.15 bits per heavy atom. The summed E-state index contributed by atoms with van der Waals surface area (Å²) in [5, 5.41) is 2.46. The maximum Gasteiger partial charge on any atom is 0.227 e. The maximum absolute atomic E-state index is 13.7. The number of hydrogen-bond donors (Lipinski definition) is 2. The summed E-state index contributed by atoms with van der Waals surface area (Å²) in [7, 11) is 0. The molecule has 196 valence electrons. The molecule has 5 aromatic rings. The molecule has 0 bridgehead atoms. The molecule has 1 atom stereocenters. The molecule has 2 aliphatic rings. The van der Waals surface area contributed by atoms with Gasteiger partial charge >= 0.3 is 0 Å². The lowest BCUT2D eigenvalue weighted by Crippen LogP contribution is -2.47. The van der Waals surface area contributed by atoms with Crippen molar-refractivity contribution < 1.29 is 9.59 Å². The van der Waals surface area contributed by atoms with Crippen LogP contribution in [0, 0.1) is 5.92 Å². The van der Waals surface area contributed by atoms with Crippen molar-refractivity contribution in [2.75, 3.05) is 19.6 Å². The first-order valence-corrected chi connectivity index (χ1v) is 13.7. The lowest BCUT2D eigenvalue weighted by Gasteiger charge is -2.43. The largest absolute Gasteiger partial charge is 0.361 e. The van der Waals surface area contributed by atoms with Gasteiger partial charge < -0.3 is 19.8 Å². The second-order valence-corrected chi connectivity index (χ2v) is 10.9. The molecular formula is C32H31N5O2. The minimum atomic E-state index is -0.289. The zero-order valence-electron chi connectivity index (χ0n) is 21.8. The van der Waals surface area contributed by atoms with Gasteiger partial charge in [0, 0.05) is 84.6 Å². The molecule has 2 aromatic carbocycles. The lowest BCUT2D eigenvalue weighted by molar-refractivity contribution is -0.137. The molecule has 7 rings (SSSR count). The van der Waals surface area contributed by atoms with E-state index in [0.29, 0.717) is 26.2 Å². The van der Waals surface area contributed by atoms with E-state index in [-0.39, 0.29) is 29.6 Å². The second kappa shape index (κ2) is 9.42. The standard InChI is InChI=1S/C32H31N5O2/c38-30-16-23(21-37(30)20-22-6-5-13-33-17-22)31(39)36-14-11-32(12-15-36,26-18-34-28-9-3-1-7-24(26)28)27-19-35-29-10-4-2-8-25(27)29/h1-10,13,17-19,23,34-35H,11-12,14-16,20-21H2. The molecule has 2 saturated heterocycles. The van der Waals surface area contributed by atoms with E-state index >= 15 is 0 Å². The quantitative estimate of drug-likeness (QED) is 0.344. The highest BCUT2D eigenvalue weighted by molar-refractivity contribution is 5.91. The molecule has 0 aliphatic carbocycles.